The molecule has 3 aromatic rings. The van der Waals surface area contributed by atoms with E-state index in [0.717, 1.165) is 15.3 Å². The number of aromatic nitrogens is 3. The lowest BCUT2D eigenvalue weighted by atomic mass is 10.1. The summed E-state index contributed by atoms with van der Waals surface area (Å²) in [5.74, 6) is 0. The number of benzene rings is 1. The van der Waals surface area contributed by atoms with E-state index in [2.05, 4.69) is 9.97 Å². The van der Waals surface area contributed by atoms with Gasteiger partial charge >= 0.3 is 5.69 Å². The summed E-state index contributed by atoms with van der Waals surface area (Å²) in [6.45, 7) is 0. The number of aromatic amines is 1. The molecule has 94 valence electrons. The standard InChI is InChI=1S/C13H8ClN3O2/c14-11-6-12(18)17(13(19)16-11)10-3-1-2-8-7-15-5-4-9(8)10/h1-7H,(H,16,19). The highest BCUT2D eigenvalue weighted by molar-refractivity contribution is 6.29. The van der Waals surface area contributed by atoms with Crippen molar-refractivity contribution in [1.29, 1.82) is 0 Å². The Kier molecular flexibility index (Phi) is 2.68. The SMILES string of the molecule is O=c1cc(Cl)[nH]c(=O)n1-c1cccc2cnccc12. The molecule has 0 fully saturated rings. The van der Waals surface area contributed by atoms with Crippen molar-refractivity contribution in [2.45, 2.75) is 0 Å². The molecule has 0 unspecified atom stereocenters. The molecule has 0 atom stereocenters. The van der Waals surface area contributed by atoms with E-state index in [4.69, 9.17) is 11.6 Å². The van der Waals surface area contributed by atoms with Crippen molar-refractivity contribution in [3.63, 3.8) is 0 Å². The summed E-state index contributed by atoms with van der Waals surface area (Å²) < 4.78 is 1.05. The second kappa shape index (κ2) is 4.37. The summed E-state index contributed by atoms with van der Waals surface area (Å²) in [6.07, 6.45) is 3.29. The third-order valence-electron chi connectivity index (χ3n) is 2.80. The van der Waals surface area contributed by atoms with Crippen LogP contribution >= 0.6 is 11.6 Å². The van der Waals surface area contributed by atoms with Crippen LogP contribution in [-0.4, -0.2) is 14.5 Å². The van der Waals surface area contributed by atoms with E-state index in [1.807, 2.05) is 6.07 Å². The monoisotopic (exact) mass is 273 g/mol. The molecule has 6 heteroatoms. The maximum Gasteiger partial charge on any atom is 0.334 e. The van der Waals surface area contributed by atoms with Crippen LogP contribution in [0.4, 0.5) is 0 Å². The summed E-state index contributed by atoms with van der Waals surface area (Å²) in [7, 11) is 0. The van der Waals surface area contributed by atoms with Crippen LogP contribution in [0.3, 0.4) is 0 Å². The second-order valence-electron chi connectivity index (χ2n) is 3.97. The Morgan fingerprint density at radius 3 is 2.84 bits per heavy atom. The summed E-state index contributed by atoms with van der Waals surface area (Å²) in [5.41, 5.74) is -0.539. The van der Waals surface area contributed by atoms with Crippen LogP contribution in [-0.2, 0) is 0 Å². The van der Waals surface area contributed by atoms with Crippen LogP contribution in [0, 0.1) is 0 Å². The van der Waals surface area contributed by atoms with E-state index >= 15 is 0 Å². The van der Waals surface area contributed by atoms with Gasteiger partial charge in [0.25, 0.3) is 5.56 Å². The van der Waals surface area contributed by atoms with Crippen molar-refractivity contribution in [3.05, 3.63) is 68.7 Å². The Labute approximate surface area is 112 Å². The van der Waals surface area contributed by atoms with Gasteiger partial charge in [-0.3, -0.25) is 14.8 Å². The van der Waals surface area contributed by atoms with Gasteiger partial charge in [-0.2, -0.15) is 0 Å². The van der Waals surface area contributed by atoms with E-state index < -0.39 is 11.2 Å². The summed E-state index contributed by atoms with van der Waals surface area (Å²) in [5, 5.41) is 1.64. The number of rotatable bonds is 1. The molecule has 3 rings (SSSR count). The van der Waals surface area contributed by atoms with Gasteiger partial charge in [-0.1, -0.05) is 23.7 Å². The molecule has 0 amide bonds. The van der Waals surface area contributed by atoms with E-state index in [-0.39, 0.29) is 5.15 Å². The van der Waals surface area contributed by atoms with Gasteiger partial charge in [0.15, 0.2) is 0 Å². The molecular weight excluding hydrogens is 266 g/mol. The molecule has 2 heterocycles. The molecule has 0 bridgehead atoms. The quantitative estimate of drug-likeness (QED) is 0.687. The fourth-order valence-corrected chi connectivity index (χ4v) is 2.17. The minimum atomic E-state index is -0.568. The van der Waals surface area contributed by atoms with Crippen molar-refractivity contribution in [1.82, 2.24) is 14.5 Å². The molecule has 0 spiro atoms. The fraction of sp³-hybridized carbons (Fsp3) is 0. The summed E-state index contributed by atoms with van der Waals surface area (Å²) in [6, 6.07) is 8.25. The minimum Gasteiger partial charge on any atom is -0.297 e. The smallest absolute Gasteiger partial charge is 0.297 e. The van der Waals surface area contributed by atoms with Crippen molar-refractivity contribution in [2.75, 3.05) is 0 Å². The normalized spacial score (nSPS) is 10.8. The van der Waals surface area contributed by atoms with Crippen molar-refractivity contribution in [2.24, 2.45) is 0 Å². The Balaban J connectivity index is 2.44. The van der Waals surface area contributed by atoms with E-state index in [1.165, 1.54) is 6.07 Å². The number of halogens is 1. The second-order valence-corrected chi connectivity index (χ2v) is 4.38. The predicted molar refractivity (Wildman–Crippen MR) is 73.0 cm³/mol. The number of hydrogen-bond acceptors (Lipinski definition) is 3. The average Bonchev–Trinajstić information content (AvgIpc) is 2.38. The highest BCUT2D eigenvalue weighted by atomic mass is 35.5. The van der Waals surface area contributed by atoms with Crippen molar-refractivity contribution in [3.8, 4) is 5.69 Å². The minimum absolute atomic E-state index is 0.0214. The van der Waals surface area contributed by atoms with Gasteiger partial charge in [-0.15, -0.1) is 0 Å². The molecular formula is C13H8ClN3O2. The number of hydrogen-bond donors (Lipinski definition) is 1. The lowest BCUT2D eigenvalue weighted by molar-refractivity contribution is 0.882. The van der Waals surface area contributed by atoms with Gasteiger partial charge in [0.2, 0.25) is 0 Å². The van der Waals surface area contributed by atoms with Crippen LogP contribution in [0.2, 0.25) is 5.15 Å². The van der Waals surface area contributed by atoms with Crippen molar-refractivity contribution >= 4 is 22.4 Å². The van der Waals surface area contributed by atoms with Gasteiger partial charge in [-0.05, 0) is 12.1 Å². The first-order chi connectivity index (χ1) is 9.16. The molecule has 0 aliphatic rings. The number of nitrogens with zero attached hydrogens (tertiary/aromatic N) is 2. The van der Waals surface area contributed by atoms with Gasteiger partial charge in [0.1, 0.15) is 5.15 Å². The number of nitrogens with one attached hydrogen (secondary N) is 1. The third kappa shape index (κ3) is 1.94. The fourth-order valence-electron chi connectivity index (χ4n) is 2.00. The number of H-pyrrole nitrogens is 1. The maximum atomic E-state index is 11.9. The maximum absolute atomic E-state index is 11.9. The Bertz CT molecular complexity index is 846. The van der Waals surface area contributed by atoms with Crippen LogP contribution in [0.1, 0.15) is 0 Å². The lowest BCUT2D eigenvalue weighted by Gasteiger charge is -2.07. The highest BCUT2D eigenvalue weighted by Crippen LogP contribution is 2.19. The lowest BCUT2D eigenvalue weighted by Crippen LogP contribution is -2.33. The van der Waals surface area contributed by atoms with Gasteiger partial charge in [-0.25, -0.2) is 9.36 Å². The molecule has 1 N–H and O–H groups in total. The molecule has 1 aromatic carbocycles. The van der Waals surface area contributed by atoms with Gasteiger partial charge < -0.3 is 0 Å². The first kappa shape index (κ1) is 11.7. The first-order valence-corrected chi connectivity index (χ1v) is 5.89. The van der Waals surface area contributed by atoms with E-state index in [1.54, 1.807) is 30.6 Å². The van der Waals surface area contributed by atoms with Gasteiger partial charge in [0, 0.05) is 29.2 Å². The molecule has 0 saturated heterocycles. The Morgan fingerprint density at radius 2 is 2.05 bits per heavy atom. The van der Waals surface area contributed by atoms with Gasteiger partial charge in [0.05, 0.1) is 5.69 Å². The van der Waals surface area contributed by atoms with E-state index in [0.29, 0.717) is 5.69 Å². The average molecular weight is 274 g/mol. The third-order valence-corrected chi connectivity index (χ3v) is 3.00. The predicted octanol–water partition coefficient (Wildman–Crippen LogP) is 1.73. The highest BCUT2D eigenvalue weighted by Gasteiger charge is 2.09. The summed E-state index contributed by atoms with van der Waals surface area (Å²) >= 11 is 5.65. The molecule has 19 heavy (non-hydrogen) atoms. The Morgan fingerprint density at radius 1 is 1.21 bits per heavy atom. The van der Waals surface area contributed by atoms with Crippen LogP contribution in [0.15, 0.2) is 52.3 Å². The molecule has 0 radical (unpaired) electrons. The van der Waals surface area contributed by atoms with Crippen molar-refractivity contribution < 1.29 is 0 Å². The van der Waals surface area contributed by atoms with Crippen LogP contribution < -0.4 is 11.2 Å². The zero-order chi connectivity index (χ0) is 13.4. The van der Waals surface area contributed by atoms with E-state index in [9.17, 15) is 9.59 Å². The summed E-state index contributed by atoms with van der Waals surface area (Å²) in [4.78, 5) is 30.3. The zero-order valence-corrected chi connectivity index (χ0v) is 10.4. The van der Waals surface area contributed by atoms with Crippen LogP contribution in [0.25, 0.3) is 16.5 Å². The molecule has 2 aromatic heterocycles. The number of fused-ring (bicyclic) bond motifs is 1. The zero-order valence-electron chi connectivity index (χ0n) is 9.63. The molecule has 5 nitrogen and oxygen atoms in total. The van der Waals surface area contributed by atoms with Crippen LogP contribution in [0.5, 0.6) is 0 Å². The Hall–Kier alpha value is -2.40. The largest absolute Gasteiger partial charge is 0.334 e. The molecule has 0 saturated carbocycles. The molecule has 0 aliphatic carbocycles. The molecule has 0 aliphatic heterocycles. The first-order valence-electron chi connectivity index (χ1n) is 5.52. The topological polar surface area (TPSA) is 67.8 Å². The number of pyridine rings is 1.